The van der Waals surface area contributed by atoms with E-state index < -0.39 is 34.4 Å². The van der Waals surface area contributed by atoms with Gasteiger partial charge in [-0.05, 0) is 0 Å². The quantitative estimate of drug-likeness (QED) is 0.0514. The Bertz CT molecular complexity index is 1340. The van der Waals surface area contributed by atoms with E-state index in [1.165, 1.54) is 10.8 Å². The third-order valence-corrected chi connectivity index (χ3v) is 17.0. The molecule has 1 N–H and O–H groups in total. The van der Waals surface area contributed by atoms with Crippen LogP contribution in [0.4, 0.5) is 0 Å². The van der Waals surface area contributed by atoms with Gasteiger partial charge in [-0.25, -0.2) is 0 Å². The van der Waals surface area contributed by atoms with Gasteiger partial charge in [0.15, 0.2) is 0 Å². The standard InChI is InChI=1S/C18H12O.2C8H18OP.H2O.Ti/c19-17-7-3-6-12-8-9-15-10-13-4-1-2-5-14(13)11-16(15)18(12)17;2*1-3-5-7-10(9)8-6-4-2;;/h1-11,19H;2*3-8H2,1-2H3;1H2;/q;2*-1;;+4/p-2. The van der Waals surface area contributed by atoms with E-state index in [1.54, 1.807) is 0 Å². The first-order valence-corrected chi connectivity index (χ1v) is 21.5. The van der Waals surface area contributed by atoms with Gasteiger partial charge in [-0.3, -0.25) is 0 Å². The molecule has 41 heavy (non-hydrogen) atoms. The van der Waals surface area contributed by atoms with Crippen molar-refractivity contribution in [2.45, 2.75) is 79.1 Å². The zero-order chi connectivity index (χ0) is 29.1. The van der Waals surface area contributed by atoms with Crippen molar-refractivity contribution in [2.75, 3.05) is 24.6 Å². The minimum absolute atomic E-state index is 0.674. The monoisotopic (exact) mass is 630 g/mol. The number of hydrogen-bond acceptors (Lipinski definition) is 4. The second-order valence-electron chi connectivity index (χ2n) is 10.9. The van der Waals surface area contributed by atoms with Crippen molar-refractivity contribution in [2.24, 2.45) is 0 Å². The van der Waals surface area contributed by atoms with Gasteiger partial charge in [0.1, 0.15) is 0 Å². The van der Waals surface area contributed by atoms with E-state index >= 15 is 0 Å². The van der Waals surface area contributed by atoms with Crippen LogP contribution < -0.4 is 3.32 Å². The van der Waals surface area contributed by atoms with Crippen LogP contribution in [-0.4, -0.2) is 28.3 Å². The van der Waals surface area contributed by atoms with Crippen molar-refractivity contribution >= 4 is 48.6 Å². The molecule has 4 aromatic rings. The van der Waals surface area contributed by atoms with E-state index in [0.717, 1.165) is 97.6 Å². The van der Waals surface area contributed by atoms with E-state index in [2.05, 4.69) is 82.3 Å². The summed E-state index contributed by atoms with van der Waals surface area (Å²) in [6.07, 6.45) is 12.8. The van der Waals surface area contributed by atoms with Crippen LogP contribution in [0.3, 0.4) is 0 Å². The summed E-state index contributed by atoms with van der Waals surface area (Å²) in [6, 6.07) is 23.4. The van der Waals surface area contributed by atoms with Crippen LogP contribution in [0.1, 0.15) is 79.1 Å². The zero-order valence-corrected chi connectivity index (χ0v) is 28.8. The number of hydrogen-bond donors (Lipinski definition) is 1. The molecule has 0 fully saturated rings. The number of fused-ring (bicyclic) bond motifs is 4. The fourth-order valence-electron chi connectivity index (χ4n) is 5.12. The normalized spacial score (nSPS) is 12.4. The van der Waals surface area contributed by atoms with E-state index in [-0.39, 0.29) is 0 Å². The Labute approximate surface area is 255 Å². The Kier molecular flexibility index (Phi) is 13.4. The molecule has 0 saturated heterocycles. The van der Waals surface area contributed by atoms with E-state index in [0.29, 0.717) is 5.75 Å². The Morgan fingerprint density at radius 1 is 0.585 bits per heavy atom. The van der Waals surface area contributed by atoms with Gasteiger partial charge in [0, 0.05) is 0 Å². The Morgan fingerprint density at radius 2 is 1.07 bits per heavy atom. The number of rotatable bonds is 18. The molecule has 4 rings (SSSR count). The molecular weight excluding hydrogens is 582 g/mol. The first-order valence-electron chi connectivity index (χ1n) is 15.6. The molecule has 7 heteroatoms. The molecule has 0 bridgehead atoms. The Balaban J connectivity index is 1.77. The van der Waals surface area contributed by atoms with Gasteiger partial charge in [-0.1, -0.05) is 0 Å². The van der Waals surface area contributed by atoms with Crippen molar-refractivity contribution in [1.29, 1.82) is 0 Å². The summed E-state index contributed by atoms with van der Waals surface area (Å²) in [5, 5.41) is 6.80. The van der Waals surface area contributed by atoms with Crippen LogP contribution in [-0.2, 0) is 24.4 Å². The molecule has 0 spiro atoms. The van der Waals surface area contributed by atoms with Gasteiger partial charge >= 0.3 is 256 Å². The Morgan fingerprint density at radius 3 is 1.61 bits per heavy atom. The van der Waals surface area contributed by atoms with Gasteiger partial charge in [-0.15, -0.1) is 0 Å². The molecule has 0 aliphatic rings. The van der Waals surface area contributed by atoms with Gasteiger partial charge < -0.3 is 0 Å². The predicted octanol–water partition coefficient (Wildman–Crippen LogP) is 11.4. The van der Waals surface area contributed by atoms with E-state index in [4.69, 9.17) is 9.53 Å². The molecule has 4 aromatic carbocycles. The van der Waals surface area contributed by atoms with Crippen LogP contribution in [0.15, 0.2) is 66.7 Å². The third-order valence-electron chi connectivity index (χ3n) is 7.46. The summed E-state index contributed by atoms with van der Waals surface area (Å²) in [5.41, 5.74) is 0. The minimum atomic E-state index is -4.68. The van der Waals surface area contributed by atoms with E-state index in [9.17, 15) is 3.69 Å². The Hall–Kier alpha value is -1.09. The molecule has 0 aliphatic heterocycles. The van der Waals surface area contributed by atoms with Gasteiger partial charge in [0.25, 0.3) is 0 Å². The van der Waals surface area contributed by atoms with Gasteiger partial charge in [0.2, 0.25) is 0 Å². The van der Waals surface area contributed by atoms with Gasteiger partial charge in [0.05, 0.1) is 0 Å². The average molecular weight is 631 g/mol. The van der Waals surface area contributed by atoms with Crippen molar-refractivity contribution in [3.63, 3.8) is 0 Å². The first-order chi connectivity index (χ1) is 20.0. The topological polar surface area (TPSA) is 47.9 Å². The predicted molar refractivity (Wildman–Crippen MR) is 177 cm³/mol. The summed E-state index contributed by atoms with van der Waals surface area (Å²) < 4.78 is 32.6. The van der Waals surface area contributed by atoms with Crippen LogP contribution in [0.5, 0.6) is 5.75 Å². The molecule has 0 radical (unpaired) electrons. The second-order valence-corrected chi connectivity index (χ2v) is 18.7. The van der Waals surface area contributed by atoms with E-state index in [1.807, 2.05) is 12.1 Å². The summed E-state index contributed by atoms with van der Waals surface area (Å²) in [6.45, 7) is 8.86. The maximum absolute atomic E-state index is 12.4. The van der Waals surface area contributed by atoms with Crippen molar-refractivity contribution in [1.82, 2.24) is 0 Å². The molecule has 4 nitrogen and oxygen atoms in total. The third kappa shape index (κ3) is 9.20. The maximum atomic E-state index is 12.4. The second kappa shape index (κ2) is 16.7. The van der Waals surface area contributed by atoms with Gasteiger partial charge in [-0.2, -0.15) is 0 Å². The molecule has 0 unspecified atom stereocenters. The summed E-state index contributed by atoms with van der Waals surface area (Å²) >= 11 is -4.68. The molecule has 0 saturated carbocycles. The van der Waals surface area contributed by atoms with Crippen molar-refractivity contribution in [3.8, 4) is 5.75 Å². The summed E-state index contributed by atoms with van der Waals surface area (Å²) in [7, 11) is -1.64. The first kappa shape index (κ1) is 32.8. The molecule has 0 amide bonds. The molecule has 0 atom stereocenters. The van der Waals surface area contributed by atoms with Crippen LogP contribution >= 0.6 is 16.3 Å². The summed E-state index contributed by atoms with van der Waals surface area (Å²) in [5.74, 6) is 0.674. The van der Waals surface area contributed by atoms with Crippen LogP contribution in [0, 0.1) is 0 Å². The average Bonchev–Trinajstić information content (AvgIpc) is 2.98. The van der Waals surface area contributed by atoms with Crippen molar-refractivity contribution in [3.05, 3.63) is 66.7 Å². The summed E-state index contributed by atoms with van der Waals surface area (Å²) in [4.78, 5) is 0. The van der Waals surface area contributed by atoms with Crippen molar-refractivity contribution < 1.29 is 31.4 Å². The number of benzene rings is 4. The molecule has 222 valence electrons. The fourth-order valence-corrected chi connectivity index (χ4v) is 15.7. The zero-order valence-electron chi connectivity index (χ0n) is 25.4. The number of unbranched alkanes of at least 4 members (excludes halogenated alkanes) is 4. The molecular formula is C34H48O4P2Ti. The SMILES string of the molecule is CCCCP(CCCC)[O][Ti]([OH])([O]c1cccc2ccc3cc4ccccc4cc3c12)[O]P(CCCC)CCCC. The van der Waals surface area contributed by atoms with Crippen LogP contribution in [0.25, 0.3) is 32.3 Å². The fraction of sp³-hybridized carbons (Fsp3) is 0.471. The molecule has 0 aromatic heterocycles. The molecule has 0 heterocycles. The van der Waals surface area contributed by atoms with Crippen LogP contribution in [0.2, 0.25) is 0 Å². The molecule has 0 aliphatic carbocycles.